The van der Waals surface area contributed by atoms with Crippen LogP contribution in [0.3, 0.4) is 0 Å². The first kappa shape index (κ1) is 14.6. The van der Waals surface area contributed by atoms with Crippen LogP contribution < -0.4 is 10.2 Å². The molecule has 21 heavy (non-hydrogen) atoms. The number of anilines is 1. The highest BCUT2D eigenvalue weighted by atomic mass is 16.5. The minimum atomic E-state index is -0.946. The lowest BCUT2D eigenvalue weighted by molar-refractivity contribution is 0.0697. The third-order valence-electron chi connectivity index (χ3n) is 2.71. The van der Waals surface area contributed by atoms with Crippen LogP contribution in [0.2, 0.25) is 0 Å². The first-order chi connectivity index (χ1) is 10.2. The number of carboxylic acids is 1. The highest BCUT2D eigenvalue weighted by Crippen LogP contribution is 2.12. The first-order valence-electron chi connectivity index (χ1n) is 6.54. The van der Waals surface area contributed by atoms with E-state index in [1.807, 2.05) is 31.2 Å². The smallest absolute Gasteiger partial charge is 0.335 e. The molecular formula is C16H16N2O3. The van der Waals surface area contributed by atoms with Crippen molar-refractivity contribution in [3.05, 3.63) is 59.7 Å². The highest BCUT2D eigenvalue weighted by molar-refractivity contribution is 5.88. The van der Waals surface area contributed by atoms with E-state index in [0.717, 1.165) is 17.0 Å². The van der Waals surface area contributed by atoms with Crippen molar-refractivity contribution in [3.63, 3.8) is 0 Å². The predicted molar refractivity (Wildman–Crippen MR) is 82.2 cm³/mol. The highest BCUT2D eigenvalue weighted by Gasteiger charge is 2.00. The second-order valence-corrected chi connectivity index (χ2v) is 4.26. The number of hydrazone groups is 1. The predicted octanol–water partition coefficient (Wildman–Crippen LogP) is 3.23. The van der Waals surface area contributed by atoms with E-state index < -0.39 is 5.97 Å². The van der Waals surface area contributed by atoms with Crippen molar-refractivity contribution in [1.29, 1.82) is 0 Å². The summed E-state index contributed by atoms with van der Waals surface area (Å²) in [5, 5.41) is 12.9. The van der Waals surface area contributed by atoms with Crippen LogP contribution in [0, 0.1) is 0 Å². The molecule has 2 aromatic carbocycles. The van der Waals surface area contributed by atoms with Gasteiger partial charge < -0.3 is 9.84 Å². The molecule has 2 N–H and O–H groups in total. The summed E-state index contributed by atoms with van der Waals surface area (Å²) in [5.41, 5.74) is 4.72. The van der Waals surface area contributed by atoms with Gasteiger partial charge in [0.1, 0.15) is 5.75 Å². The molecule has 0 fully saturated rings. The summed E-state index contributed by atoms with van der Waals surface area (Å²) in [4.78, 5) is 10.7. The van der Waals surface area contributed by atoms with E-state index in [2.05, 4.69) is 10.5 Å². The summed E-state index contributed by atoms with van der Waals surface area (Å²) in [7, 11) is 0. The molecular weight excluding hydrogens is 268 g/mol. The van der Waals surface area contributed by atoms with Crippen LogP contribution in [0.15, 0.2) is 53.6 Å². The fraction of sp³-hybridized carbons (Fsp3) is 0.125. The number of benzene rings is 2. The van der Waals surface area contributed by atoms with Crippen LogP contribution in [0.5, 0.6) is 5.75 Å². The second-order valence-electron chi connectivity index (χ2n) is 4.26. The van der Waals surface area contributed by atoms with Gasteiger partial charge in [-0.15, -0.1) is 0 Å². The number of nitrogens with one attached hydrogen (secondary N) is 1. The molecule has 0 bridgehead atoms. The minimum Gasteiger partial charge on any atom is -0.494 e. The number of carboxylic acid groups (broad SMARTS) is 1. The van der Waals surface area contributed by atoms with Crippen LogP contribution in [-0.4, -0.2) is 23.9 Å². The van der Waals surface area contributed by atoms with Gasteiger partial charge in [-0.25, -0.2) is 4.79 Å². The van der Waals surface area contributed by atoms with E-state index >= 15 is 0 Å². The topological polar surface area (TPSA) is 70.9 Å². The molecule has 2 rings (SSSR count). The monoisotopic (exact) mass is 284 g/mol. The van der Waals surface area contributed by atoms with Gasteiger partial charge >= 0.3 is 5.97 Å². The lowest BCUT2D eigenvalue weighted by Gasteiger charge is -2.03. The molecule has 5 heteroatoms. The van der Waals surface area contributed by atoms with Crippen molar-refractivity contribution in [3.8, 4) is 5.75 Å². The largest absolute Gasteiger partial charge is 0.494 e. The summed E-state index contributed by atoms with van der Waals surface area (Å²) in [5.74, 6) is -0.148. The number of hydrogen-bond donors (Lipinski definition) is 2. The molecule has 0 aliphatic heterocycles. The number of aromatic carboxylic acids is 1. The van der Waals surface area contributed by atoms with Crippen LogP contribution in [0.25, 0.3) is 0 Å². The summed E-state index contributed by atoms with van der Waals surface area (Å²) >= 11 is 0. The molecule has 2 aromatic rings. The Morgan fingerprint density at radius 3 is 2.71 bits per heavy atom. The van der Waals surface area contributed by atoms with Crippen LogP contribution in [0.1, 0.15) is 22.8 Å². The summed E-state index contributed by atoms with van der Waals surface area (Å²) in [6, 6.07) is 14.0. The average Bonchev–Trinajstić information content (AvgIpc) is 2.48. The van der Waals surface area contributed by atoms with Crippen molar-refractivity contribution < 1.29 is 14.6 Å². The molecule has 0 amide bonds. The molecule has 0 heterocycles. The van der Waals surface area contributed by atoms with E-state index in [-0.39, 0.29) is 5.56 Å². The molecule has 0 saturated carbocycles. The maximum absolute atomic E-state index is 10.7. The van der Waals surface area contributed by atoms with Crippen molar-refractivity contribution in [1.82, 2.24) is 0 Å². The molecule has 0 aliphatic rings. The van der Waals surface area contributed by atoms with Crippen LogP contribution in [-0.2, 0) is 0 Å². The van der Waals surface area contributed by atoms with E-state index in [1.54, 1.807) is 18.3 Å². The zero-order valence-electron chi connectivity index (χ0n) is 11.6. The van der Waals surface area contributed by atoms with Gasteiger partial charge in [0, 0.05) is 0 Å². The number of hydrogen-bond acceptors (Lipinski definition) is 4. The van der Waals surface area contributed by atoms with Gasteiger partial charge in [-0.3, -0.25) is 5.43 Å². The Bertz CT molecular complexity index is 636. The molecule has 0 aliphatic carbocycles. The molecule has 108 valence electrons. The zero-order valence-corrected chi connectivity index (χ0v) is 11.6. The van der Waals surface area contributed by atoms with Gasteiger partial charge in [0.15, 0.2) is 0 Å². The lowest BCUT2D eigenvalue weighted by atomic mass is 10.2. The number of carbonyl (C=O) groups is 1. The van der Waals surface area contributed by atoms with Gasteiger partial charge in [-0.05, 0) is 48.9 Å². The van der Waals surface area contributed by atoms with Gasteiger partial charge in [0.25, 0.3) is 0 Å². The van der Waals surface area contributed by atoms with Crippen LogP contribution >= 0.6 is 0 Å². The fourth-order valence-electron chi connectivity index (χ4n) is 1.72. The molecule has 0 spiro atoms. The summed E-state index contributed by atoms with van der Waals surface area (Å²) in [6.45, 7) is 2.55. The number of nitrogens with zero attached hydrogens (tertiary/aromatic N) is 1. The van der Waals surface area contributed by atoms with Crippen molar-refractivity contribution in [2.75, 3.05) is 12.0 Å². The minimum absolute atomic E-state index is 0.244. The van der Waals surface area contributed by atoms with Crippen molar-refractivity contribution in [2.45, 2.75) is 6.92 Å². The third-order valence-corrected chi connectivity index (χ3v) is 2.71. The molecule has 0 aromatic heterocycles. The standard InChI is InChI=1S/C16H16N2O3/c1-2-21-15-5-3-4-12(10-15)11-17-18-14-8-6-13(7-9-14)16(19)20/h3-11,18H,2H2,1H3,(H,19,20)/b17-11+. The van der Waals surface area contributed by atoms with Crippen molar-refractivity contribution >= 4 is 17.9 Å². The Balaban J connectivity index is 1.98. The van der Waals surface area contributed by atoms with Crippen molar-refractivity contribution in [2.24, 2.45) is 5.10 Å². The summed E-state index contributed by atoms with van der Waals surface area (Å²) < 4.78 is 5.41. The van der Waals surface area contributed by atoms with Gasteiger partial charge in [0.05, 0.1) is 24.1 Å². The maximum atomic E-state index is 10.7. The van der Waals surface area contributed by atoms with Gasteiger partial charge in [-0.2, -0.15) is 5.10 Å². The Morgan fingerprint density at radius 1 is 1.29 bits per heavy atom. The first-order valence-corrected chi connectivity index (χ1v) is 6.54. The summed E-state index contributed by atoms with van der Waals surface area (Å²) in [6.07, 6.45) is 1.67. The Hall–Kier alpha value is -2.82. The van der Waals surface area contributed by atoms with E-state index in [0.29, 0.717) is 6.61 Å². The normalized spacial score (nSPS) is 10.5. The maximum Gasteiger partial charge on any atom is 0.335 e. The van der Waals surface area contributed by atoms with Gasteiger partial charge in [0.2, 0.25) is 0 Å². The average molecular weight is 284 g/mol. The quantitative estimate of drug-likeness (QED) is 0.631. The van der Waals surface area contributed by atoms with E-state index in [1.165, 1.54) is 12.1 Å². The zero-order chi connectivity index (χ0) is 15.1. The third kappa shape index (κ3) is 4.35. The molecule has 0 saturated heterocycles. The lowest BCUT2D eigenvalue weighted by Crippen LogP contribution is -1.96. The van der Waals surface area contributed by atoms with E-state index in [4.69, 9.17) is 9.84 Å². The molecule has 0 atom stereocenters. The SMILES string of the molecule is CCOc1cccc(/C=N/Nc2ccc(C(=O)O)cc2)c1. The molecule has 5 nitrogen and oxygen atoms in total. The Kier molecular flexibility index (Phi) is 4.93. The second kappa shape index (κ2) is 7.09. The Labute approximate surface area is 122 Å². The number of rotatable bonds is 6. The van der Waals surface area contributed by atoms with Gasteiger partial charge in [-0.1, -0.05) is 12.1 Å². The molecule has 0 radical (unpaired) electrons. The fourth-order valence-corrected chi connectivity index (χ4v) is 1.72. The van der Waals surface area contributed by atoms with E-state index in [9.17, 15) is 4.79 Å². The van der Waals surface area contributed by atoms with Crippen LogP contribution in [0.4, 0.5) is 5.69 Å². The number of ether oxygens (including phenoxy) is 1. The molecule has 0 unspecified atom stereocenters. The Morgan fingerprint density at radius 2 is 2.05 bits per heavy atom.